The third kappa shape index (κ3) is 6.70. The molecule has 0 spiro atoms. The summed E-state index contributed by atoms with van der Waals surface area (Å²) in [6.07, 6.45) is 2.85. The molecule has 1 N–H and O–H groups in total. The van der Waals surface area contributed by atoms with Crippen LogP contribution >= 0.6 is 0 Å². The fourth-order valence-electron chi connectivity index (χ4n) is 2.50. The SMILES string of the molecule is Cc1ccc(CCCCNC(=O)CCS(=O)(=O)c2ccccc2)cc1. The van der Waals surface area contributed by atoms with Crippen molar-refractivity contribution in [3.63, 3.8) is 0 Å². The Balaban J connectivity index is 1.63. The van der Waals surface area contributed by atoms with Gasteiger partial charge in [-0.2, -0.15) is 0 Å². The number of aryl methyl sites for hydroxylation is 2. The predicted octanol–water partition coefficient (Wildman–Crippen LogP) is 3.30. The van der Waals surface area contributed by atoms with Crippen molar-refractivity contribution < 1.29 is 13.2 Å². The highest BCUT2D eigenvalue weighted by molar-refractivity contribution is 7.91. The van der Waals surface area contributed by atoms with Gasteiger partial charge >= 0.3 is 0 Å². The number of benzene rings is 2. The van der Waals surface area contributed by atoms with E-state index in [1.807, 2.05) is 0 Å². The number of unbranched alkanes of at least 4 members (excludes halogenated alkanes) is 1. The Morgan fingerprint density at radius 3 is 2.32 bits per heavy atom. The van der Waals surface area contributed by atoms with Gasteiger partial charge in [-0.05, 0) is 43.9 Å². The minimum Gasteiger partial charge on any atom is -0.356 e. The Bertz CT molecular complexity index is 768. The lowest BCUT2D eigenvalue weighted by Gasteiger charge is -2.07. The van der Waals surface area contributed by atoms with Gasteiger partial charge in [0, 0.05) is 13.0 Å². The van der Waals surface area contributed by atoms with Crippen LogP contribution in [0.2, 0.25) is 0 Å². The third-order valence-corrected chi connectivity index (χ3v) is 5.77. The zero-order valence-electron chi connectivity index (χ0n) is 14.6. The number of nitrogens with one attached hydrogen (secondary N) is 1. The predicted molar refractivity (Wildman–Crippen MR) is 100 cm³/mol. The van der Waals surface area contributed by atoms with Gasteiger partial charge < -0.3 is 5.32 Å². The monoisotopic (exact) mass is 359 g/mol. The maximum atomic E-state index is 12.1. The molecule has 0 aliphatic carbocycles. The van der Waals surface area contributed by atoms with Gasteiger partial charge in [-0.3, -0.25) is 4.79 Å². The topological polar surface area (TPSA) is 63.2 Å². The lowest BCUT2D eigenvalue weighted by molar-refractivity contribution is -0.120. The average molecular weight is 359 g/mol. The summed E-state index contributed by atoms with van der Waals surface area (Å²) >= 11 is 0. The number of hydrogen-bond acceptors (Lipinski definition) is 3. The fourth-order valence-corrected chi connectivity index (χ4v) is 3.76. The number of rotatable bonds is 9. The van der Waals surface area contributed by atoms with Crippen LogP contribution in [-0.2, 0) is 21.1 Å². The van der Waals surface area contributed by atoms with Crippen LogP contribution in [0.4, 0.5) is 0 Å². The quantitative estimate of drug-likeness (QED) is 0.699. The summed E-state index contributed by atoms with van der Waals surface area (Å²) < 4.78 is 24.2. The average Bonchev–Trinajstić information content (AvgIpc) is 2.62. The standard InChI is InChI=1S/C20H25NO3S/c1-17-10-12-18(13-11-17)7-5-6-15-21-20(22)14-16-25(23,24)19-8-3-2-4-9-19/h2-4,8-13H,5-7,14-16H2,1H3,(H,21,22). The van der Waals surface area contributed by atoms with E-state index >= 15 is 0 Å². The fraction of sp³-hybridized carbons (Fsp3) is 0.350. The first-order chi connectivity index (χ1) is 12.0. The Morgan fingerprint density at radius 2 is 1.64 bits per heavy atom. The van der Waals surface area contributed by atoms with E-state index in [1.165, 1.54) is 11.1 Å². The van der Waals surface area contributed by atoms with E-state index < -0.39 is 9.84 Å². The van der Waals surface area contributed by atoms with Crippen LogP contribution in [0.3, 0.4) is 0 Å². The van der Waals surface area contributed by atoms with E-state index in [1.54, 1.807) is 30.3 Å². The molecule has 0 heterocycles. The number of sulfone groups is 1. The summed E-state index contributed by atoms with van der Waals surface area (Å²) in [7, 11) is -3.39. The summed E-state index contributed by atoms with van der Waals surface area (Å²) in [6, 6.07) is 16.7. The number of carbonyl (C=O) groups is 1. The molecule has 0 radical (unpaired) electrons. The first-order valence-corrected chi connectivity index (χ1v) is 10.2. The van der Waals surface area contributed by atoms with Gasteiger partial charge in [0.25, 0.3) is 0 Å². The maximum Gasteiger partial charge on any atom is 0.221 e. The molecule has 0 saturated carbocycles. The highest BCUT2D eigenvalue weighted by atomic mass is 32.2. The maximum absolute atomic E-state index is 12.1. The normalized spacial score (nSPS) is 11.2. The molecule has 2 aromatic rings. The molecule has 4 nitrogen and oxygen atoms in total. The number of carbonyl (C=O) groups excluding carboxylic acids is 1. The Hall–Kier alpha value is -2.14. The molecule has 2 aromatic carbocycles. The molecule has 0 aromatic heterocycles. The highest BCUT2D eigenvalue weighted by Gasteiger charge is 2.15. The molecule has 0 saturated heterocycles. The molecule has 0 aliphatic rings. The zero-order chi connectivity index (χ0) is 18.1. The second-order valence-corrected chi connectivity index (χ2v) is 8.28. The second-order valence-electron chi connectivity index (χ2n) is 6.17. The molecule has 0 fully saturated rings. The summed E-state index contributed by atoms with van der Waals surface area (Å²) in [6.45, 7) is 2.65. The van der Waals surface area contributed by atoms with Crippen molar-refractivity contribution in [2.45, 2.75) is 37.5 Å². The van der Waals surface area contributed by atoms with Crippen LogP contribution in [-0.4, -0.2) is 26.6 Å². The van der Waals surface area contributed by atoms with E-state index in [2.05, 4.69) is 36.5 Å². The van der Waals surface area contributed by atoms with Crippen LogP contribution in [0, 0.1) is 6.92 Å². The summed E-state index contributed by atoms with van der Waals surface area (Å²) in [5.74, 6) is -0.374. The molecular formula is C20H25NO3S. The van der Waals surface area contributed by atoms with E-state index in [-0.39, 0.29) is 23.0 Å². The Morgan fingerprint density at radius 1 is 0.960 bits per heavy atom. The molecule has 0 bridgehead atoms. The van der Waals surface area contributed by atoms with E-state index in [0.717, 1.165) is 19.3 Å². The van der Waals surface area contributed by atoms with E-state index in [0.29, 0.717) is 6.54 Å². The van der Waals surface area contributed by atoms with Crippen LogP contribution in [0.5, 0.6) is 0 Å². The van der Waals surface area contributed by atoms with Crippen molar-refractivity contribution in [1.29, 1.82) is 0 Å². The van der Waals surface area contributed by atoms with Gasteiger partial charge in [0.05, 0.1) is 10.6 Å². The lowest BCUT2D eigenvalue weighted by atomic mass is 10.1. The zero-order valence-corrected chi connectivity index (χ0v) is 15.4. The first-order valence-electron chi connectivity index (χ1n) is 8.57. The molecule has 1 amide bonds. The third-order valence-electron chi connectivity index (χ3n) is 4.04. The minimum atomic E-state index is -3.39. The summed E-state index contributed by atoms with van der Waals surface area (Å²) in [5, 5.41) is 2.80. The second kappa shape index (κ2) is 9.37. The number of amides is 1. The molecule has 25 heavy (non-hydrogen) atoms. The largest absolute Gasteiger partial charge is 0.356 e. The van der Waals surface area contributed by atoms with Crippen LogP contribution in [0.15, 0.2) is 59.5 Å². The summed E-state index contributed by atoms with van der Waals surface area (Å²) in [4.78, 5) is 12.1. The van der Waals surface area contributed by atoms with Gasteiger partial charge in [0.1, 0.15) is 0 Å². The lowest BCUT2D eigenvalue weighted by Crippen LogP contribution is -2.26. The van der Waals surface area contributed by atoms with Crippen molar-refractivity contribution in [1.82, 2.24) is 5.32 Å². The van der Waals surface area contributed by atoms with Crippen LogP contribution in [0.1, 0.15) is 30.4 Å². The minimum absolute atomic E-state index is 0.00477. The first kappa shape index (κ1) is 19.2. The van der Waals surface area contributed by atoms with Gasteiger partial charge in [0.2, 0.25) is 5.91 Å². The molecule has 134 valence electrons. The summed E-state index contributed by atoms with van der Waals surface area (Å²) in [5.41, 5.74) is 2.55. The highest BCUT2D eigenvalue weighted by Crippen LogP contribution is 2.11. The van der Waals surface area contributed by atoms with Crippen molar-refractivity contribution in [3.05, 3.63) is 65.7 Å². The van der Waals surface area contributed by atoms with Crippen molar-refractivity contribution in [2.24, 2.45) is 0 Å². The molecule has 0 aliphatic heterocycles. The molecular weight excluding hydrogens is 334 g/mol. The van der Waals surface area contributed by atoms with Gasteiger partial charge in [-0.15, -0.1) is 0 Å². The molecule has 2 rings (SSSR count). The molecule has 0 atom stereocenters. The Labute approximate surface area is 150 Å². The van der Waals surface area contributed by atoms with E-state index in [4.69, 9.17) is 0 Å². The smallest absolute Gasteiger partial charge is 0.221 e. The molecule has 5 heteroatoms. The number of hydrogen-bond donors (Lipinski definition) is 1. The van der Waals surface area contributed by atoms with Gasteiger partial charge in [-0.25, -0.2) is 8.42 Å². The molecule has 0 unspecified atom stereocenters. The van der Waals surface area contributed by atoms with Crippen molar-refractivity contribution in [2.75, 3.05) is 12.3 Å². The van der Waals surface area contributed by atoms with Crippen molar-refractivity contribution in [3.8, 4) is 0 Å². The van der Waals surface area contributed by atoms with Gasteiger partial charge in [-0.1, -0.05) is 48.0 Å². The van der Waals surface area contributed by atoms with Crippen LogP contribution < -0.4 is 5.32 Å². The van der Waals surface area contributed by atoms with E-state index in [9.17, 15) is 13.2 Å². The van der Waals surface area contributed by atoms with Gasteiger partial charge in [0.15, 0.2) is 9.84 Å². The van der Waals surface area contributed by atoms with Crippen molar-refractivity contribution >= 4 is 15.7 Å². The van der Waals surface area contributed by atoms with Crippen LogP contribution in [0.25, 0.3) is 0 Å². The Kier molecular flexibility index (Phi) is 7.19.